The lowest BCUT2D eigenvalue weighted by Crippen LogP contribution is -1.89. The summed E-state index contributed by atoms with van der Waals surface area (Å²) in [6.07, 6.45) is 1.87. The Morgan fingerprint density at radius 2 is 2.20 bits per heavy atom. The summed E-state index contributed by atoms with van der Waals surface area (Å²) in [5.74, 6) is -0.861. The molecule has 15 heavy (non-hydrogen) atoms. The Morgan fingerprint density at radius 3 is 3.00 bits per heavy atom. The maximum absolute atomic E-state index is 10.8. The van der Waals surface area contributed by atoms with Gasteiger partial charge in [0.05, 0.1) is 0 Å². The van der Waals surface area contributed by atoms with Crippen LogP contribution in [0.3, 0.4) is 0 Å². The van der Waals surface area contributed by atoms with E-state index in [1.54, 1.807) is 6.07 Å². The molecular formula is C11H7NO2S. The molecule has 0 fully saturated rings. The number of nitrogens with one attached hydrogen (secondary N) is 1. The third-order valence-corrected chi connectivity index (χ3v) is 3.60. The highest BCUT2D eigenvalue weighted by atomic mass is 32.1. The molecule has 0 unspecified atom stereocenters. The summed E-state index contributed by atoms with van der Waals surface area (Å²) in [5.41, 5.74) is 1.04. The van der Waals surface area contributed by atoms with Crippen LogP contribution < -0.4 is 0 Å². The largest absolute Gasteiger partial charge is 0.477 e. The van der Waals surface area contributed by atoms with Gasteiger partial charge in [-0.2, -0.15) is 0 Å². The van der Waals surface area contributed by atoms with Gasteiger partial charge in [0.25, 0.3) is 0 Å². The highest BCUT2D eigenvalue weighted by Crippen LogP contribution is 2.32. The Balaban J connectivity index is 2.46. The molecule has 0 aliphatic rings. The van der Waals surface area contributed by atoms with Crippen molar-refractivity contribution < 1.29 is 9.90 Å². The van der Waals surface area contributed by atoms with Crippen molar-refractivity contribution in [1.82, 2.24) is 4.98 Å². The number of carbonyl (C=O) groups is 1. The number of H-pyrrole nitrogens is 1. The van der Waals surface area contributed by atoms with Crippen molar-refractivity contribution in [3.8, 4) is 0 Å². The summed E-state index contributed by atoms with van der Waals surface area (Å²) in [4.78, 5) is 14.3. The molecule has 0 atom stereocenters. The zero-order chi connectivity index (χ0) is 10.4. The molecule has 0 saturated carbocycles. The number of benzene rings is 1. The van der Waals surface area contributed by atoms with Gasteiger partial charge in [-0.15, -0.1) is 11.3 Å². The van der Waals surface area contributed by atoms with Crippen molar-refractivity contribution in [2.75, 3.05) is 0 Å². The van der Waals surface area contributed by atoms with E-state index in [4.69, 9.17) is 5.11 Å². The Morgan fingerprint density at radius 1 is 1.33 bits per heavy atom. The first-order chi connectivity index (χ1) is 7.25. The lowest BCUT2D eigenvalue weighted by Gasteiger charge is -1.90. The number of aromatic amines is 1. The predicted octanol–water partition coefficient (Wildman–Crippen LogP) is 3.08. The molecule has 0 radical (unpaired) electrons. The molecule has 0 aliphatic carbocycles. The van der Waals surface area contributed by atoms with E-state index in [-0.39, 0.29) is 0 Å². The van der Waals surface area contributed by atoms with Crippen molar-refractivity contribution >= 4 is 38.3 Å². The number of hydrogen-bond acceptors (Lipinski definition) is 2. The van der Waals surface area contributed by atoms with Crippen molar-refractivity contribution in [1.29, 1.82) is 0 Å². The smallest absolute Gasteiger partial charge is 0.345 e. The summed E-state index contributed by atoms with van der Waals surface area (Å²) in [5, 5.41) is 11.0. The van der Waals surface area contributed by atoms with E-state index in [2.05, 4.69) is 4.98 Å². The number of carboxylic acids is 1. The molecule has 3 nitrogen and oxygen atoms in total. The number of carboxylic acid groups (broad SMARTS) is 1. The van der Waals surface area contributed by atoms with Crippen LogP contribution in [0.2, 0.25) is 0 Å². The highest BCUT2D eigenvalue weighted by molar-refractivity contribution is 7.21. The normalized spacial score (nSPS) is 11.2. The summed E-state index contributed by atoms with van der Waals surface area (Å²) in [6, 6.07) is 7.60. The van der Waals surface area contributed by atoms with E-state index in [1.807, 2.05) is 24.4 Å². The molecule has 1 aromatic carbocycles. The SMILES string of the molecule is O=C(O)c1cc2ccc3[nH]ccc3c2s1. The van der Waals surface area contributed by atoms with Crippen LogP contribution in [-0.2, 0) is 0 Å². The van der Waals surface area contributed by atoms with Gasteiger partial charge in [0.15, 0.2) is 0 Å². The van der Waals surface area contributed by atoms with E-state index >= 15 is 0 Å². The predicted molar refractivity (Wildman–Crippen MR) is 60.6 cm³/mol. The van der Waals surface area contributed by atoms with Gasteiger partial charge in [0.2, 0.25) is 0 Å². The Bertz CT molecular complexity index is 665. The first kappa shape index (κ1) is 8.49. The standard InChI is InChI=1S/C11H7NO2S/c13-11(14)9-5-6-1-2-8-7(3-4-12-8)10(6)15-9/h1-5,12H,(H,13,14). The van der Waals surface area contributed by atoms with Gasteiger partial charge in [0, 0.05) is 21.8 Å². The second-order valence-electron chi connectivity index (χ2n) is 3.34. The quantitative estimate of drug-likeness (QED) is 0.658. The summed E-state index contributed by atoms with van der Waals surface area (Å²) >= 11 is 1.32. The molecule has 74 valence electrons. The minimum absolute atomic E-state index is 0.388. The average molecular weight is 217 g/mol. The van der Waals surface area contributed by atoms with E-state index < -0.39 is 5.97 Å². The molecule has 2 heterocycles. The van der Waals surface area contributed by atoms with Gasteiger partial charge >= 0.3 is 5.97 Å². The highest BCUT2D eigenvalue weighted by Gasteiger charge is 2.10. The topological polar surface area (TPSA) is 53.1 Å². The van der Waals surface area contributed by atoms with Crippen molar-refractivity contribution in [2.45, 2.75) is 0 Å². The fourth-order valence-electron chi connectivity index (χ4n) is 1.74. The number of aromatic nitrogens is 1. The third kappa shape index (κ3) is 1.15. The summed E-state index contributed by atoms with van der Waals surface area (Å²) < 4.78 is 1.03. The first-order valence-corrected chi connectivity index (χ1v) is 5.30. The van der Waals surface area contributed by atoms with E-state index in [9.17, 15) is 4.79 Å². The second kappa shape index (κ2) is 2.84. The maximum Gasteiger partial charge on any atom is 0.345 e. The van der Waals surface area contributed by atoms with Crippen LogP contribution in [0.25, 0.3) is 21.0 Å². The maximum atomic E-state index is 10.8. The van der Waals surface area contributed by atoms with Crippen LogP contribution in [-0.4, -0.2) is 16.1 Å². The molecular weight excluding hydrogens is 210 g/mol. The molecule has 4 heteroatoms. The van der Waals surface area contributed by atoms with Crippen LogP contribution in [0.15, 0.2) is 30.5 Å². The molecule has 0 bridgehead atoms. The lowest BCUT2D eigenvalue weighted by atomic mass is 10.2. The molecule has 0 saturated heterocycles. The number of fused-ring (bicyclic) bond motifs is 3. The number of rotatable bonds is 1. The minimum atomic E-state index is -0.861. The third-order valence-electron chi connectivity index (χ3n) is 2.42. The molecule has 2 N–H and O–H groups in total. The van der Waals surface area contributed by atoms with E-state index in [0.717, 1.165) is 21.0 Å². The fourth-order valence-corrected chi connectivity index (χ4v) is 2.76. The van der Waals surface area contributed by atoms with Crippen molar-refractivity contribution in [3.63, 3.8) is 0 Å². The van der Waals surface area contributed by atoms with Crippen molar-refractivity contribution in [3.05, 3.63) is 35.3 Å². The second-order valence-corrected chi connectivity index (χ2v) is 4.39. The monoisotopic (exact) mass is 217 g/mol. The first-order valence-electron chi connectivity index (χ1n) is 4.48. The Hall–Kier alpha value is -1.81. The van der Waals surface area contributed by atoms with Crippen molar-refractivity contribution in [2.24, 2.45) is 0 Å². The summed E-state index contributed by atoms with van der Waals surface area (Å²) in [6.45, 7) is 0. The van der Waals surface area contributed by atoms with Gasteiger partial charge in [-0.1, -0.05) is 6.07 Å². The number of hydrogen-bond donors (Lipinski definition) is 2. The van der Waals surface area contributed by atoms with Gasteiger partial charge in [-0.25, -0.2) is 4.79 Å². The zero-order valence-corrected chi connectivity index (χ0v) is 8.47. The molecule has 2 aromatic heterocycles. The zero-order valence-electron chi connectivity index (χ0n) is 7.65. The lowest BCUT2D eigenvalue weighted by molar-refractivity contribution is 0.0702. The molecule has 3 rings (SSSR count). The molecule has 0 aliphatic heterocycles. The number of aromatic carboxylic acids is 1. The Labute approximate surface area is 89.0 Å². The van der Waals surface area contributed by atoms with Crippen LogP contribution in [0, 0.1) is 0 Å². The van der Waals surface area contributed by atoms with Crippen LogP contribution in [0.1, 0.15) is 9.67 Å². The van der Waals surface area contributed by atoms with Crippen LogP contribution in [0.4, 0.5) is 0 Å². The molecule has 0 amide bonds. The van der Waals surface area contributed by atoms with Crippen LogP contribution >= 0.6 is 11.3 Å². The van der Waals surface area contributed by atoms with Crippen LogP contribution in [0.5, 0.6) is 0 Å². The van der Waals surface area contributed by atoms with Gasteiger partial charge < -0.3 is 10.1 Å². The number of thiophene rings is 1. The Kier molecular flexibility index (Phi) is 1.61. The summed E-state index contributed by atoms with van der Waals surface area (Å²) in [7, 11) is 0. The fraction of sp³-hybridized carbons (Fsp3) is 0. The van der Waals surface area contributed by atoms with Gasteiger partial charge in [-0.05, 0) is 23.6 Å². The average Bonchev–Trinajstić information content (AvgIpc) is 2.82. The van der Waals surface area contributed by atoms with E-state index in [1.165, 1.54) is 11.3 Å². The molecule has 3 aromatic rings. The van der Waals surface area contributed by atoms with Gasteiger partial charge in [0.1, 0.15) is 4.88 Å². The van der Waals surface area contributed by atoms with Gasteiger partial charge in [-0.3, -0.25) is 0 Å². The molecule has 0 spiro atoms. The minimum Gasteiger partial charge on any atom is -0.477 e. The van der Waals surface area contributed by atoms with E-state index in [0.29, 0.717) is 4.88 Å².